The van der Waals surface area contributed by atoms with Crippen LogP contribution in [0.15, 0.2) is 60.7 Å². The van der Waals surface area contributed by atoms with Crippen LogP contribution in [0.2, 0.25) is 0 Å². The second-order valence-electron chi connectivity index (χ2n) is 12.8. The van der Waals surface area contributed by atoms with Crippen molar-refractivity contribution in [3.05, 3.63) is 71.8 Å². The van der Waals surface area contributed by atoms with Gasteiger partial charge in [-0.25, -0.2) is 4.79 Å². The molecule has 51 heavy (non-hydrogen) atoms. The van der Waals surface area contributed by atoms with E-state index in [4.69, 9.17) is 21.6 Å². The van der Waals surface area contributed by atoms with Crippen LogP contribution in [-0.4, -0.2) is 72.2 Å². The maximum atomic E-state index is 13.8. The van der Waals surface area contributed by atoms with Crippen LogP contribution < -0.4 is 38.1 Å². The Bertz CT molecular complexity index is 1470. The van der Waals surface area contributed by atoms with E-state index >= 15 is 0 Å². The number of rotatable bonds is 21. The van der Waals surface area contributed by atoms with Gasteiger partial charge in [0, 0.05) is 13.0 Å². The van der Waals surface area contributed by atoms with Gasteiger partial charge in [0.1, 0.15) is 24.7 Å². The van der Waals surface area contributed by atoms with Gasteiger partial charge in [-0.15, -0.1) is 0 Å². The molecule has 0 aliphatic rings. The van der Waals surface area contributed by atoms with Crippen molar-refractivity contribution in [2.24, 2.45) is 23.3 Å². The van der Waals surface area contributed by atoms with Crippen LogP contribution in [0.5, 0.6) is 0 Å². The average molecular weight is 709 g/mol. The maximum absolute atomic E-state index is 13.8. The minimum absolute atomic E-state index is 0.0133. The Morgan fingerprint density at radius 3 is 1.90 bits per heavy atom. The number of nitrogens with two attached hydrogens (primary N) is 2. The van der Waals surface area contributed by atoms with Crippen molar-refractivity contribution in [2.75, 3.05) is 6.54 Å². The normalized spacial score (nSPS) is 13.7. The van der Waals surface area contributed by atoms with Crippen LogP contribution in [0.1, 0.15) is 64.5 Å². The lowest BCUT2D eigenvalue weighted by Crippen LogP contribution is -2.59. The highest BCUT2D eigenvalue weighted by molar-refractivity contribution is 6.39. The van der Waals surface area contributed by atoms with E-state index in [2.05, 4.69) is 26.6 Å². The van der Waals surface area contributed by atoms with E-state index < -0.39 is 65.6 Å². The smallest absolute Gasteiger partial charge is 0.408 e. The third-order valence-corrected chi connectivity index (χ3v) is 8.09. The molecule has 0 saturated heterocycles. The van der Waals surface area contributed by atoms with Gasteiger partial charge in [-0.3, -0.25) is 29.4 Å². The number of ketones is 1. The third-order valence-electron chi connectivity index (χ3n) is 8.09. The predicted molar refractivity (Wildman–Crippen MR) is 192 cm³/mol. The van der Waals surface area contributed by atoms with Crippen LogP contribution in [0.3, 0.4) is 0 Å². The van der Waals surface area contributed by atoms with Crippen molar-refractivity contribution >= 4 is 41.5 Å². The Labute approximate surface area is 298 Å². The fourth-order valence-corrected chi connectivity index (χ4v) is 5.08. The number of Topliss-reactive ketones (excluding diaryl/α,β-unsaturated/α-hetero) is 1. The first-order valence-electron chi connectivity index (χ1n) is 17.1. The van der Waals surface area contributed by atoms with Gasteiger partial charge >= 0.3 is 6.09 Å². The van der Waals surface area contributed by atoms with Gasteiger partial charge in [0.2, 0.25) is 23.5 Å². The van der Waals surface area contributed by atoms with Crippen molar-refractivity contribution in [3.8, 4) is 0 Å². The summed E-state index contributed by atoms with van der Waals surface area (Å²) in [6.07, 6.45) is 0.264. The monoisotopic (exact) mass is 708 g/mol. The zero-order valence-electron chi connectivity index (χ0n) is 29.7. The van der Waals surface area contributed by atoms with Gasteiger partial charge in [-0.2, -0.15) is 0 Å². The van der Waals surface area contributed by atoms with Crippen LogP contribution >= 0.6 is 0 Å². The minimum Gasteiger partial charge on any atom is -0.445 e. The second-order valence-corrected chi connectivity index (χ2v) is 12.8. The lowest BCUT2D eigenvalue weighted by Gasteiger charge is -2.28. The zero-order chi connectivity index (χ0) is 37.9. The summed E-state index contributed by atoms with van der Waals surface area (Å²) < 4.78 is 5.35. The molecule has 0 aliphatic heterocycles. The van der Waals surface area contributed by atoms with E-state index in [1.54, 1.807) is 50.2 Å². The fraction of sp³-hybridized carbons (Fsp3) is 0.472. The molecule has 0 fully saturated rings. The second kappa shape index (κ2) is 21.6. The largest absolute Gasteiger partial charge is 0.445 e. The van der Waals surface area contributed by atoms with Gasteiger partial charge in [0.05, 0.1) is 6.04 Å². The van der Waals surface area contributed by atoms with Crippen molar-refractivity contribution < 1.29 is 33.5 Å². The third kappa shape index (κ3) is 15.3. The van der Waals surface area contributed by atoms with E-state index in [9.17, 15) is 28.8 Å². The number of benzene rings is 2. The molecule has 15 nitrogen and oxygen atoms in total. The molecule has 5 amide bonds. The van der Waals surface area contributed by atoms with Gasteiger partial charge in [0.15, 0.2) is 5.96 Å². The summed E-state index contributed by atoms with van der Waals surface area (Å²) in [5.41, 5.74) is 12.2. The summed E-state index contributed by atoms with van der Waals surface area (Å²) in [5.74, 6) is -5.12. The van der Waals surface area contributed by atoms with Crippen LogP contribution in [0, 0.1) is 17.2 Å². The predicted octanol–water partition coefficient (Wildman–Crippen LogP) is 1.39. The lowest BCUT2D eigenvalue weighted by atomic mass is 9.93. The Kier molecular flexibility index (Phi) is 17.6. The van der Waals surface area contributed by atoms with Crippen molar-refractivity contribution in [1.82, 2.24) is 26.6 Å². The topological polar surface area (TPSA) is 248 Å². The summed E-state index contributed by atoms with van der Waals surface area (Å²) in [6, 6.07) is 13.4. The van der Waals surface area contributed by atoms with E-state index in [1.165, 1.54) is 0 Å². The average Bonchev–Trinajstić information content (AvgIpc) is 3.10. The standard InChI is InChI=1S/C36H52N8O7/c1-5-23(4)29(30(45)34(49)41-26(31(37)46)17-12-18-40-35(38)39)44-33(48)27(19-22(2)3)42-32(47)28(20-24-13-8-6-9-14-24)43-36(50)51-21-25-15-10-7-11-16-25/h6-11,13-16,22-23,26-29H,5,12,17-21H2,1-4H3,(H2,37,46)(H,41,49)(H,42,47)(H,43,50)(H,44,48)(H4,38,39,40)/t23-,26-,27-,28-,29?/m0/s1. The Hall–Kier alpha value is -5.47. The molecule has 2 aromatic rings. The lowest BCUT2D eigenvalue weighted by molar-refractivity contribution is -0.142. The number of primary amides is 1. The number of hydrogen-bond acceptors (Lipinski definition) is 8. The number of carbonyl (C=O) groups excluding carboxylic acids is 6. The number of ether oxygens (including phenoxy) is 1. The Morgan fingerprint density at radius 1 is 0.765 bits per heavy atom. The van der Waals surface area contributed by atoms with Crippen LogP contribution in [0.25, 0.3) is 0 Å². The number of carbonyl (C=O) groups is 6. The number of alkyl carbamates (subject to hydrolysis) is 1. The SMILES string of the molecule is CC[C@H](C)C(NC(=O)[C@H](CC(C)C)NC(=O)[C@H](Cc1ccccc1)NC(=O)OCc1ccccc1)C(=O)C(=O)N[C@@H](CCCNC(=N)N)C(N)=O. The molecule has 2 rings (SSSR count). The molecule has 2 aromatic carbocycles. The molecule has 0 aromatic heterocycles. The highest BCUT2D eigenvalue weighted by atomic mass is 16.5. The van der Waals surface area contributed by atoms with Crippen molar-refractivity contribution in [3.63, 3.8) is 0 Å². The zero-order valence-corrected chi connectivity index (χ0v) is 29.7. The van der Waals surface area contributed by atoms with E-state index in [0.717, 1.165) is 11.1 Å². The molecule has 0 bridgehead atoms. The number of hydrogen-bond donors (Lipinski definition) is 8. The summed E-state index contributed by atoms with van der Waals surface area (Å²) in [5, 5.41) is 20.2. The van der Waals surface area contributed by atoms with Crippen molar-refractivity contribution in [1.29, 1.82) is 5.41 Å². The fourth-order valence-electron chi connectivity index (χ4n) is 5.08. The quantitative estimate of drug-likeness (QED) is 0.0403. The number of nitrogens with one attached hydrogen (secondary N) is 6. The van der Waals surface area contributed by atoms with E-state index in [0.29, 0.717) is 12.8 Å². The van der Waals surface area contributed by atoms with Gasteiger partial charge < -0.3 is 42.8 Å². The first kappa shape index (κ1) is 41.7. The summed E-state index contributed by atoms with van der Waals surface area (Å²) in [7, 11) is 0. The molecule has 0 aliphatic carbocycles. The first-order valence-corrected chi connectivity index (χ1v) is 17.1. The summed E-state index contributed by atoms with van der Waals surface area (Å²) >= 11 is 0. The molecule has 0 saturated carbocycles. The number of amides is 5. The summed E-state index contributed by atoms with van der Waals surface area (Å²) in [6.45, 7) is 7.41. The molecule has 0 radical (unpaired) electrons. The van der Waals surface area contributed by atoms with E-state index in [1.807, 2.05) is 38.1 Å². The van der Waals surface area contributed by atoms with Crippen LogP contribution in [0.4, 0.5) is 4.79 Å². The minimum atomic E-state index is -1.28. The molecular formula is C36H52N8O7. The Morgan fingerprint density at radius 2 is 1.35 bits per heavy atom. The molecule has 278 valence electrons. The first-order chi connectivity index (χ1) is 24.2. The maximum Gasteiger partial charge on any atom is 0.408 e. The molecule has 15 heteroatoms. The molecule has 1 unspecified atom stereocenters. The van der Waals surface area contributed by atoms with Crippen molar-refractivity contribution in [2.45, 2.75) is 90.6 Å². The molecule has 10 N–H and O–H groups in total. The van der Waals surface area contributed by atoms with Gasteiger partial charge in [0.25, 0.3) is 5.91 Å². The highest BCUT2D eigenvalue weighted by Gasteiger charge is 2.35. The van der Waals surface area contributed by atoms with E-state index in [-0.39, 0.29) is 44.3 Å². The van der Waals surface area contributed by atoms with Gasteiger partial charge in [-0.05, 0) is 42.2 Å². The molecule has 5 atom stereocenters. The Balaban J connectivity index is 2.21. The summed E-state index contributed by atoms with van der Waals surface area (Å²) in [4.78, 5) is 78.8. The molecular weight excluding hydrogens is 656 g/mol. The van der Waals surface area contributed by atoms with Gasteiger partial charge in [-0.1, -0.05) is 94.8 Å². The van der Waals surface area contributed by atoms with Crippen LogP contribution in [-0.2, 0) is 41.7 Å². The molecule has 0 heterocycles. The number of guanidine groups is 1. The molecule has 0 spiro atoms. The highest BCUT2D eigenvalue weighted by Crippen LogP contribution is 2.13.